The Hall–Kier alpha value is -3.97. The molecule has 1 heterocycles. The molecule has 2 N–H and O–H groups in total. The van der Waals surface area contributed by atoms with Crippen LogP contribution in [-0.2, 0) is 9.53 Å². The Balaban J connectivity index is 1.61. The number of benzodiazepines with no additional fused rings is 1. The number of allylic oxidation sites excluding steroid dienone is 1. The highest BCUT2D eigenvalue weighted by Gasteiger charge is 2.21. The van der Waals surface area contributed by atoms with E-state index in [1.54, 1.807) is 66.7 Å². The molecule has 33 heavy (non-hydrogen) atoms. The van der Waals surface area contributed by atoms with Gasteiger partial charge in [-0.2, -0.15) is 0 Å². The Bertz CT molecular complexity index is 1260. The van der Waals surface area contributed by atoms with Crippen molar-refractivity contribution >= 4 is 35.2 Å². The molecule has 166 valence electrons. The lowest BCUT2D eigenvalue weighted by Crippen LogP contribution is -2.26. The van der Waals surface area contributed by atoms with Crippen LogP contribution >= 0.6 is 11.6 Å². The molecule has 8 heteroatoms. The van der Waals surface area contributed by atoms with Crippen molar-refractivity contribution in [3.63, 3.8) is 0 Å². The van der Waals surface area contributed by atoms with Gasteiger partial charge in [0.15, 0.2) is 18.8 Å². The number of hydrogen-bond donors (Lipinski definition) is 2. The number of amides is 1. The number of ether oxygens (including phenoxy) is 1. The zero-order chi connectivity index (χ0) is 23.2. The van der Waals surface area contributed by atoms with Gasteiger partial charge >= 0.3 is 0 Å². The molecule has 1 aliphatic heterocycles. The van der Waals surface area contributed by atoms with E-state index in [9.17, 15) is 14.0 Å². The fourth-order valence-corrected chi connectivity index (χ4v) is 3.53. The quantitative estimate of drug-likeness (QED) is 0.243. The SMILES string of the molecule is O=CC(OCNC(=O)c1ccccc1)=C1CN=C(c2ccccc2F)c2cc(Cl)ccc2N1. The summed E-state index contributed by atoms with van der Waals surface area (Å²) in [6.07, 6.45) is 0.538. The second kappa shape index (κ2) is 10.1. The van der Waals surface area contributed by atoms with Crippen LogP contribution in [0.4, 0.5) is 10.1 Å². The Morgan fingerprint density at radius 2 is 1.85 bits per heavy atom. The van der Waals surface area contributed by atoms with Crippen molar-refractivity contribution < 1.29 is 18.7 Å². The van der Waals surface area contributed by atoms with Crippen LogP contribution in [0.3, 0.4) is 0 Å². The van der Waals surface area contributed by atoms with E-state index in [1.165, 1.54) is 6.07 Å². The lowest BCUT2D eigenvalue weighted by atomic mass is 10.00. The van der Waals surface area contributed by atoms with E-state index >= 15 is 0 Å². The third-order valence-electron chi connectivity index (χ3n) is 4.95. The first-order valence-corrected chi connectivity index (χ1v) is 10.5. The number of hydrogen-bond acceptors (Lipinski definition) is 5. The van der Waals surface area contributed by atoms with Crippen molar-refractivity contribution in [1.29, 1.82) is 0 Å². The number of nitrogens with zero attached hydrogens (tertiary/aromatic N) is 1. The molecule has 0 spiro atoms. The molecule has 1 amide bonds. The molecule has 0 fully saturated rings. The number of carbonyl (C=O) groups is 2. The number of nitrogens with one attached hydrogen (secondary N) is 2. The highest BCUT2D eigenvalue weighted by atomic mass is 35.5. The Morgan fingerprint density at radius 3 is 2.61 bits per heavy atom. The van der Waals surface area contributed by atoms with E-state index in [1.807, 2.05) is 0 Å². The fraction of sp³-hybridized carbons (Fsp3) is 0.0800. The van der Waals surface area contributed by atoms with Crippen LogP contribution < -0.4 is 10.6 Å². The van der Waals surface area contributed by atoms with Crippen LogP contribution in [-0.4, -0.2) is 31.2 Å². The molecule has 0 saturated heterocycles. The van der Waals surface area contributed by atoms with Gasteiger partial charge in [0.1, 0.15) is 5.82 Å². The van der Waals surface area contributed by atoms with E-state index in [-0.39, 0.29) is 24.9 Å². The van der Waals surface area contributed by atoms with Gasteiger partial charge in [0, 0.05) is 27.4 Å². The van der Waals surface area contributed by atoms with E-state index < -0.39 is 5.82 Å². The summed E-state index contributed by atoms with van der Waals surface area (Å²) < 4.78 is 20.1. The number of aldehydes is 1. The average Bonchev–Trinajstić information content (AvgIpc) is 3.02. The molecular formula is C25H19ClFN3O3. The van der Waals surface area contributed by atoms with Gasteiger partial charge in [-0.15, -0.1) is 0 Å². The number of fused-ring (bicyclic) bond motifs is 1. The molecule has 4 rings (SSSR count). The molecule has 0 bridgehead atoms. The molecule has 0 saturated carbocycles. The van der Waals surface area contributed by atoms with Crippen molar-refractivity contribution in [3.05, 3.63) is 112 Å². The summed E-state index contributed by atoms with van der Waals surface area (Å²) >= 11 is 6.19. The lowest BCUT2D eigenvalue weighted by Gasteiger charge is -2.14. The number of carbonyl (C=O) groups excluding carboxylic acids is 2. The number of benzene rings is 3. The molecule has 6 nitrogen and oxygen atoms in total. The Morgan fingerprint density at radius 1 is 1.09 bits per heavy atom. The first kappa shape index (κ1) is 22.2. The van der Waals surface area contributed by atoms with E-state index in [0.29, 0.717) is 45.1 Å². The Labute approximate surface area is 194 Å². The third-order valence-corrected chi connectivity index (χ3v) is 5.18. The van der Waals surface area contributed by atoms with Gasteiger partial charge in [0.2, 0.25) is 0 Å². The van der Waals surface area contributed by atoms with Gasteiger partial charge < -0.3 is 15.4 Å². The normalized spacial score (nSPS) is 14.2. The standard InChI is InChI=1S/C25H19ClFN3O3/c26-17-10-11-21-19(12-17)24(18-8-4-5-9-20(18)27)28-13-22(30-21)23(14-31)33-15-29-25(32)16-6-2-1-3-7-16/h1-12,14,30H,13,15H2,(H,29,32). The van der Waals surface area contributed by atoms with Gasteiger partial charge in [-0.05, 0) is 42.5 Å². The van der Waals surface area contributed by atoms with Crippen molar-refractivity contribution in [3.8, 4) is 0 Å². The zero-order valence-corrected chi connectivity index (χ0v) is 18.1. The highest BCUT2D eigenvalue weighted by Crippen LogP contribution is 2.29. The summed E-state index contributed by atoms with van der Waals surface area (Å²) in [4.78, 5) is 28.5. The summed E-state index contributed by atoms with van der Waals surface area (Å²) in [5.74, 6) is -0.785. The fourth-order valence-electron chi connectivity index (χ4n) is 3.35. The van der Waals surface area contributed by atoms with Crippen molar-refractivity contribution in [2.75, 3.05) is 18.6 Å². The molecule has 3 aromatic carbocycles. The molecule has 0 radical (unpaired) electrons. The van der Waals surface area contributed by atoms with Crippen molar-refractivity contribution in [2.45, 2.75) is 0 Å². The predicted octanol–water partition coefficient (Wildman–Crippen LogP) is 4.56. The van der Waals surface area contributed by atoms with Gasteiger partial charge in [-0.3, -0.25) is 14.6 Å². The van der Waals surface area contributed by atoms with Crippen molar-refractivity contribution in [1.82, 2.24) is 5.32 Å². The monoisotopic (exact) mass is 463 g/mol. The molecule has 0 aromatic heterocycles. The maximum Gasteiger partial charge on any atom is 0.253 e. The van der Waals surface area contributed by atoms with Crippen LogP contribution in [0.1, 0.15) is 21.5 Å². The van der Waals surface area contributed by atoms with Gasteiger partial charge in [-0.1, -0.05) is 41.9 Å². The maximum atomic E-state index is 14.5. The van der Waals surface area contributed by atoms with Crippen molar-refractivity contribution in [2.24, 2.45) is 4.99 Å². The summed E-state index contributed by atoms with van der Waals surface area (Å²) in [5, 5.41) is 6.20. The van der Waals surface area contributed by atoms with E-state index in [0.717, 1.165) is 0 Å². The van der Waals surface area contributed by atoms with Gasteiger partial charge in [0.25, 0.3) is 5.91 Å². The molecule has 1 aliphatic rings. The van der Waals surface area contributed by atoms with Crippen LogP contribution in [0.2, 0.25) is 5.02 Å². The minimum absolute atomic E-state index is 0.0245. The predicted molar refractivity (Wildman–Crippen MR) is 125 cm³/mol. The van der Waals surface area contributed by atoms with Crippen LogP contribution in [0.25, 0.3) is 0 Å². The summed E-state index contributed by atoms with van der Waals surface area (Å²) in [6.45, 7) is -0.193. The summed E-state index contributed by atoms with van der Waals surface area (Å²) in [7, 11) is 0. The molecule has 3 aromatic rings. The summed E-state index contributed by atoms with van der Waals surface area (Å²) in [6, 6.07) is 20.0. The van der Waals surface area contributed by atoms with Gasteiger partial charge in [0.05, 0.1) is 18.0 Å². The van der Waals surface area contributed by atoms with Crippen LogP contribution in [0.5, 0.6) is 0 Å². The first-order chi connectivity index (χ1) is 16.1. The van der Waals surface area contributed by atoms with E-state index in [2.05, 4.69) is 15.6 Å². The highest BCUT2D eigenvalue weighted by molar-refractivity contribution is 6.31. The third kappa shape index (κ3) is 5.10. The average molecular weight is 464 g/mol. The number of rotatable bonds is 6. The Kier molecular flexibility index (Phi) is 6.80. The second-order valence-electron chi connectivity index (χ2n) is 7.08. The molecule has 0 unspecified atom stereocenters. The molecule has 0 atom stereocenters. The lowest BCUT2D eigenvalue weighted by molar-refractivity contribution is -0.108. The topological polar surface area (TPSA) is 79.8 Å². The zero-order valence-electron chi connectivity index (χ0n) is 17.3. The second-order valence-corrected chi connectivity index (χ2v) is 7.52. The number of aliphatic imine (C=N–C) groups is 1. The largest absolute Gasteiger partial charge is 0.468 e. The van der Waals surface area contributed by atoms with Crippen LogP contribution in [0, 0.1) is 5.82 Å². The minimum Gasteiger partial charge on any atom is -0.468 e. The van der Waals surface area contributed by atoms with Gasteiger partial charge in [-0.25, -0.2) is 4.39 Å². The van der Waals surface area contributed by atoms with E-state index in [4.69, 9.17) is 16.3 Å². The van der Waals surface area contributed by atoms with Crippen LogP contribution in [0.15, 0.2) is 89.2 Å². The molecule has 0 aliphatic carbocycles. The number of anilines is 1. The number of halogens is 2. The smallest absolute Gasteiger partial charge is 0.253 e. The minimum atomic E-state index is -0.426. The molecular weight excluding hydrogens is 445 g/mol. The maximum absolute atomic E-state index is 14.5. The summed E-state index contributed by atoms with van der Waals surface area (Å²) in [5.41, 5.74) is 2.73. The first-order valence-electron chi connectivity index (χ1n) is 10.1.